The number of H-pyrrole nitrogens is 1. The van der Waals surface area contributed by atoms with Crippen molar-refractivity contribution in [2.75, 3.05) is 12.4 Å². The van der Waals surface area contributed by atoms with Gasteiger partial charge in [0.15, 0.2) is 0 Å². The van der Waals surface area contributed by atoms with Crippen molar-refractivity contribution in [1.82, 2.24) is 14.9 Å². The Balaban J connectivity index is 1.65. The summed E-state index contributed by atoms with van der Waals surface area (Å²) in [5.74, 6) is 0.702. The third-order valence-electron chi connectivity index (χ3n) is 5.48. The molecule has 0 radical (unpaired) electrons. The number of rotatable bonds is 6. The molecule has 7 nitrogen and oxygen atoms in total. The Labute approximate surface area is 192 Å². The minimum atomic E-state index is -0.316. The van der Waals surface area contributed by atoms with Crippen molar-refractivity contribution >= 4 is 22.6 Å². The van der Waals surface area contributed by atoms with Gasteiger partial charge >= 0.3 is 6.03 Å². The molecule has 33 heavy (non-hydrogen) atoms. The lowest BCUT2D eigenvalue weighted by Gasteiger charge is -2.23. The highest BCUT2D eigenvalue weighted by atomic mass is 16.5. The van der Waals surface area contributed by atoms with E-state index in [1.54, 1.807) is 48.7 Å². The molecule has 2 heterocycles. The van der Waals surface area contributed by atoms with Gasteiger partial charge in [0, 0.05) is 41.1 Å². The van der Waals surface area contributed by atoms with Crippen LogP contribution in [0, 0.1) is 13.8 Å². The number of aromatic nitrogens is 2. The lowest BCUT2D eigenvalue weighted by molar-refractivity contribution is 0.206. The summed E-state index contributed by atoms with van der Waals surface area (Å²) in [5.41, 5.74) is 4.76. The molecule has 0 saturated heterocycles. The second kappa shape index (κ2) is 9.56. The number of nitrogens with one attached hydrogen (secondary N) is 2. The van der Waals surface area contributed by atoms with Crippen LogP contribution < -0.4 is 15.6 Å². The number of aryl methyl sites for hydroxylation is 2. The van der Waals surface area contributed by atoms with E-state index in [-0.39, 0.29) is 18.1 Å². The van der Waals surface area contributed by atoms with E-state index in [1.165, 1.54) is 0 Å². The zero-order valence-electron chi connectivity index (χ0n) is 18.9. The number of pyridine rings is 2. The molecule has 2 aromatic carbocycles. The maximum Gasteiger partial charge on any atom is 0.322 e. The molecule has 0 atom stereocenters. The lowest BCUT2D eigenvalue weighted by atomic mass is 10.0. The fourth-order valence-corrected chi connectivity index (χ4v) is 3.83. The number of amides is 2. The van der Waals surface area contributed by atoms with E-state index in [4.69, 9.17) is 4.74 Å². The smallest absolute Gasteiger partial charge is 0.322 e. The first kappa shape index (κ1) is 22.1. The summed E-state index contributed by atoms with van der Waals surface area (Å²) in [4.78, 5) is 34.8. The Morgan fingerprint density at radius 2 is 1.88 bits per heavy atom. The van der Waals surface area contributed by atoms with Gasteiger partial charge in [0.05, 0.1) is 13.7 Å². The van der Waals surface area contributed by atoms with Crippen molar-refractivity contribution in [3.05, 3.63) is 99.6 Å². The molecule has 168 valence electrons. The molecule has 7 heteroatoms. The molecule has 0 unspecified atom stereocenters. The SMILES string of the molecule is COc1ccc(NC(=O)N(Cc2cccnc2)Cc2cc3c(C)cc(C)cc3[nH]c2=O)cc1. The second-order valence-electron chi connectivity index (χ2n) is 8.04. The third-order valence-corrected chi connectivity index (χ3v) is 5.48. The summed E-state index contributed by atoms with van der Waals surface area (Å²) in [7, 11) is 1.59. The van der Waals surface area contributed by atoms with Crippen LogP contribution in [0.15, 0.2) is 71.8 Å². The Morgan fingerprint density at radius 1 is 1.09 bits per heavy atom. The topological polar surface area (TPSA) is 87.3 Å². The van der Waals surface area contributed by atoms with E-state index in [9.17, 15) is 9.59 Å². The van der Waals surface area contributed by atoms with Gasteiger partial charge in [-0.25, -0.2) is 4.79 Å². The van der Waals surface area contributed by atoms with Crippen LogP contribution in [0.5, 0.6) is 5.75 Å². The highest BCUT2D eigenvalue weighted by molar-refractivity contribution is 5.89. The molecule has 0 fully saturated rings. The van der Waals surface area contributed by atoms with E-state index >= 15 is 0 Å². The summed E-state index contributed by atoms with van der Waals surface area (Å²) < 4.78 is 5.18. The Bertz CT molecular complexity index is 1330. The second-order valence-corrected chi connectivity index (χ2v) is 8.04. The van der Waals surface area contributed by atoms with Gasteiger partial charge in [-0.1, -0.05) is 12.1 Å². The number of anilines is 1. The normalized spacial score (nSPS) is 10.8. The highest BCUT2D eigenvalue weighted by Crippen LogP contribution is 2.20. The van der Waals surface area contributed by atoms with Gasteiger partial charge in [-0.3, -0.25) is 9.78 Å². The molecule has 0 spiro atoms. The molecule has 0 aliphatic heterocycles. The zero-order chi connectivity index (χ0) is 23.4. The van der Waals surface area contributed by atoms with Crippen molar-refractivity contribution in [2.45, 2.75) is 26.9 Å². The molecular weight excluding hydrogens is 416 g/mol. The Kier molecular flexibility index (Phi) is 6.40. The number of carbonyl (C=O) groups is 1. The van der Waals surface area contributed by atoms with Crippen molar-refractivity contribution in [3.8, 4) is 5.75 Å². The third kappa shape index (κ3) is 5.20. The lowest BCUT2D eigenvalue weighted by Crippen LogP contribution is -2.35. The average Bonchev–Trinajstić information content (AvgIpc) is 2.80. The van der Waals surface area contributed by atoms with Crippen LogP contribution in [-0.2, 0) is 13.1 Å². The first-order valence-electron chi connectivity index (χ1n) is 10.6. The summed E-state index contributed by atoms with van der Waals surface area (Å²) in [6.07, 6.45) is 3.40. The number of hydrogen-bond acceptors (Lipinski definition) is 4. The maximum atomic E-state index is 13.2. The van der Waals surface area contributed by atoms with Crippen LogP contribution in [0.25, 0.3) is 10.9 Å². The number of ether oxygens (including phenoxy) is 1. The average molecular weight is 443 g/mol. The van der Waals surface area contributed by atoms with Gasteiger partial charge in [-0.05, 0) is 73.0 Å². The molecule has 0 saturated carbocycles. The minimum absolute atomic E-state index is 0.148. The number of benzene rings is 2. The predicted octanol–water partition coefficient (Wildman–Crippen LogP) is 4.78. The summed E-state index contributed by atoms with van der Waals surface area (Å²) in [6.45, 7) is 4.47. The minimum Gasteiger partial charge on any atom is -0.497 e. The number of urea groups is 1. The monoisotopic (exact) mass is 442 g/mol. The largest absolute Gasteiger partial charge is 0.497 e. The highest BCUT2D eigenvalue weighted by Gasteiger charge is 2.18. The molecule has 4 rings (SSSR count). The van der Waals surface area contributed by atoms with Gasteiger partial charge in [0.2, 0.25) is 0 Å². The van der Waals surface area contributed by atoms with Gasteiger partial charge in [0.25, 0.3) is 5.56 Å². The van der Waals surface area contributed by atoms with Crippen molar-refractivity contribution in [1.29, 1.82) is 0 Å². The van der Waals surface area contributed by atoms with Gasteiger partial charge < -0.3 is 19.9 Å². The van der Waals surface area contributed by atoms with Crippen LogP contribution in [0.4, 0.5) is 10.5 Å². The maximum absolute atomic E-state index is 13.2. The quantitative estimate of drug-likeness (QED) is 0.450. The van der Waals surface area contributed by atoms with Crippen LogP contribution in [0.1, 0.15) is 22.3 Å². The summed E-state index contributed by atoms with van der Waals surface area (Å²) in [5, 5.41) is 3.87. The molecule has 2 aromatic heterocycles. The molecule has 0 aliphatic carbocycles. The van der Waals surface area contributed by atoms with Gasteiger partial charge in [0.1, 0.15) is 5.75 Å². The van der Waals surface area contributed by atoms with Crippen LogP contribution in [0.3, 0.4) is 0 Å². The first-order chi connectivity index (χ1) is 15.9. The standard InChI is InChI=1S/C26H26N4O3/c1-17-11-18(2)23-13-20(25(31)29-24(23)12-17)16-30(15-19-5-4-10-27-14-19)26(32)28-21-6-8-22(33-3)9-7-21/h4-14H,15-16H2,1-3H3,(H,28,32)(H,29,31). The van der Waals surface area contributed by atoms with Crippen LogP contribution in [0.2, 0.25) is 0 Å². The number of carbonyl (C=O) groups excluding carboxylic acids is 1. The van der Waals surface area contributed by atoms with Gasteiger partial charge in [-0.2, -0.15) is 0 Å². The molecule has 2 N–H and O–H groups in total. The molecule has 4 aromatic rings. The zero-order valence-corrected chi connectivity index (χ0v) is 18.9. The fraction of sp³-hybridized carbons (Fsp3) is 0.192. The van der Waals surface area contributed by atoms with E-state index < -0.39 is 0 Å². The summed E-state index contributed by atoms with van der Waals surface area (Å²) >= 11 is 0. The first-order valence-corrected chi connectivity index (χ1v) is 10.6. The number of fused-ring (bicyclic) bond motifs is 1. The van der Waals surface area contributed by atoms with Crippen molar-refractivity contribution < 1.29 is 9.53 Å². The predicted molar refractivity (Wildman–Crippen MR) is 130 cm³/mol. The molecule has 0 bridgehead atoms. The Morgan fingerprint density at radius 3 is 2.58 bits per heavy atom. The molecular formula is C26H26N4O3. The van der Waals surface area contributed by atoms with E-state index in [2.05, 4.69) is 21.4 Å². The molecule has 2 amide bonds. The van der Waals surface area contributed by atoms with Crippen LogP contribution in [-0.4, -0.2) is 28.0 Å². The van der Waals surface area contributed by atoms with E-state index in [0.717, 1.165) is 27.6 Å². The number of hydrogen-bond donors (Lipinski definition) is 2. The van der Waals surface area contributed by atoms with E-state index in [1.807, 2.05) is 38.1 Å². The van der Waals surface area contributed by atoms with Crippen LogP contribution >= 0.6 is 0 Å². The van der Waals surface area contributed by atoms with Gasteiger partial charge in [-0.15, -0.1) is 0 Å². The Hall–Kier alpha value is -4.13. The summed E-state index contributed by atoms with van der Waals surface area (Å²) in [6, 6.07) is 16.4. The molecule has 0 aliphatic rings. The number of methoxy groups -OCH3 is 1. The number of nitrogens with zero attached hydrogens (tertiary/aromatic N) is 2. The fourth-order valence-electron chi connectivity index (χ4n) is 3.83. The van der Waals surface area contributed by atoms with Crippen molar-refractivity contribution in [2.24, 2.45) is 0 Å². The number of aromatic amines is 1. The van der Waals surface area contributed by atoms with Crippen molar-refractivity contribution in [3.63, 3.8) is 0 Å². The van der Waals surface area contributed by atoms with E-state index in [0.29, 0.717) is 23.5 Å².